The highest BCUT2D eigenvalue weighted by Gasteiger charge is 2.40. The highest BCUT2D eigenvalue weighted by atomic mass is 79.9. The normalized spacial score (nSPS) is 23.6. The Hall–Kier alpha value is -0.840. The minimum absolute atomic E-state index is 0.0582. The van der Waals surface area contributed by atoms with Crippen LogP contribution in [0.4, 0.5) is 0 Å². The van der Waals surface area contributed by atoms with Crippen LogP contribution in [0.15, 0.2) is 11.1 Å². The zero-order chi connectivity index (χ0) is 12.4. The Bertz CT molecular complexity index is 352. The number of hydrogen-bond donors (Lipinski definition) is 1. The lowest BCUT2D eigenvalue weighted by Gasteiger charge is -2.23. The third-order valence-electron chi connectivity index (χ3n) is 3.22. The molecular weight excluding hydrogens is 284 g/mol. The molecule has 1 atom stereocenters. The Labute approximate surface area is 110 Å². The van der Waals surface area contributed by atoms with Gasteiger partial charge in [0.25, 0.3) is 0 Å². The van der Waals surface area contributed by atoms with Gasteiger partial charge in [-0.2, -0.15) is 0 Å². The minimum atomic E-state index is -0.269. The molecule has 0 bridgehead atoms. The summed E-state index contributed by atoms with van der Waals surface area (Å²) in [5, 5.41) is 2.79. The number of nitrogens with zero attached hydrogens (tertiary/aromatic N) is 1. The quantitative estimate of drug-likeness (QED) is 0.853. The summed E-state index contributed by atoms with van der Waals surface area (Å²) >= 11 is 3.20. The number of carbonyl (C=O) groups is 2. The van der Waals surface area contributed by atoms with Gasteiger partial charge in [-0.15, -0.1) is 0 Å². The largest absolute Gasteiger partial charge is 0.350 e. The Morgan fingerprint density at radius 3 is 2.65 bits per heavy atom. The monoisotopic (exact) mass is 300 g/mol. The van der Waals surface area contributed by atoms with E-state index in [1.807, 2.05) is 0 Å². The Morgan fingerprint density at radius 2 is 2.06 bits per heavy atom. The van der Waals surface area contributed by atoms with Gasteiger partial charge in [0.15, 0.2) is 0 Å². The molecule has 1 aliphatic heterocycles. The second-order valence-corrected chi connectivity index (χ2v) is 5.82. The van der Waals surface area contributed by atoms with Gasteiger partial charge >= 0.3 is 0 Å². The second-order valence-electron chi connectivity index (χ2n) is 4.70. The Kier molecular flexibility index (Phi) is 3.86. The molecule has 2 amide bonds. The molecule has 1 saturated heterocycles. The first-order valence-corrected chi connectivity index (χ1v) is 6.80. The van der Waals surface area contributed by atoms with Crippen molar-refractivity contribution in [3.8, 4) is 0 Å². The number of nitrogens with one attached hydrogen (secondary N) is 1. The number of halogens is 1. The van der Waals surface area contributed by atoms with Crippen molar-refractivity contribution in [3.63, 3.8) is 0 Å². The van der Waals surface area contributed by atoms with Crippen LogP contribution in [0.25, 0.3) is 0 Å². The van der Waals surface area contributed by atoms with Crippen molar-refractivity contribution in [3.05, 3.63) is 11.1 Å². The molecule has 2 rings (SSSR count). The first-order chi connectivity index (χ1) is 8.09. The molecule has 5 heteroatoms. The van der Waals surface area contributed by atoms with Crippen molar-refractivity contribution in [2.45, 2.75) is 31.7 Å². The number of likely N-dealkylation sites (tertiary alicyclic amines) is 1. The van der Waals surface area contributed by atoms with E-state index in [0.29, 0.717) is 6.54 Å². The van der Waals surface area contributed by atoms with E-state index in [9.17, 15) is 9.59 Å². The molecule has 1 aliphatic carbocycles. The number of carbonyl (C=O) groups excluding carboxylic acids is 2. The van der Waals surface area contributed by atoms with Crippen LogP contribution in [0, 0.1) is 5.92 Å². The molecule has 2 aliphatic rings. The summed E-state index contributed by atoms with van der Waals surface area (Å²) in [6, 6.07) is -0.269. The fourth-order valence-corrected chi connectivity index (χ4v) is 2.31. The lowest BCUT2D eigenvalue weighted by atomic mass is 10.2. The molecule has 1 N–H and O–H groups in total. The number of amides is 2. The van der Waals surface area contributed by atoms with Gasteiger partial charge in [0.1, 0.15) is 6.04 Å². The molecular formula is C12H17BrN2O2. The molecule has 1 unspecified atom stereocenters. The molecule has 4 nitrogen and oxygen atoms in total. The van der Waals surface area contributed by atoms with Gasteiger partial charge in [-0.05, 0) is 25.7 Å². The topological polar surface area (TPSA) is 49.4 Å². The average Bonchev–Trinajstić information content (AvgIpc) is 3.02. The molecule has 2 fully saturated rings. The van der Waals surface area contributed by atoms with Crippen LogP contribution in [0.5, 0.6) is 0 Å². The molecule has 0 radical (unpaired) electrons. The van der Waals surface area contributed by atoms with Gasteiger partial charge in [0.2, 0.25) is 11.8 Å². The first-order valence-electron chi connectivity index (χ1n) is 6.01. The molecule has 1 heterocycles. The summed E-state index contributed by atoms with van der Waals surface area (Å²) in [6.07, 6.45) is 3.68. The van der Waals surface area contributed by atoms with E-state index in [1.165, 1.54) is 0 Å². The summed E-state index contributed by atoms with van der Waals surface area (Å²) in [5.41, 5.74) is 0. The Balaban J connectivity index is 1.91. The van der Waals surface area contributed by atoms with Crippen LogP contribution >= 0.6 is 15.9 Å². The molecule has 0 aromatic carbocycles. The van der Waals surface area contributed by atoms with Crippen LogP contribution in [0.3, 0.4) is 0 Å². The zero-order valence-electron chi connectivity index (χ0n) is 9.75. The Morgan fingerprint density at radius 1 is 1.35 bits per heavy atom. The maximum atomic E-state index is 12.0. The van der Waals surface area contributed by atoms with Crippen molar-refractivity contribution in [2.75, 3.05) is 13.1 Å². The SMILES string of the molecule is C=C(Br)CNC(=O)C1CCCN1C(=O)C1CC1. The summed E-state index contributed by atoms with van der Waals surface area (Å²) in [5.74, 6) is 0.298. The maximum Gasteiger partial charge on any atom is 0.243 e. The third kappa shape index (κ3) is 3.09. The third-order valence-corrected chi connectivity index (χ3v) is 3.50. The standard InChI is InChI=1S/C12H17BrN2O2/c1-8(13)7-14-11(16)10-3-2-6-15(10)12(17)9-4-5-9/h9-10H,1-7H2,(H,14,16). The van der Waals surface area contributed by atoms with Crippen LogP contribution in [0.1, 0.15) is 25.7 Å². The fourth-order valence-electron chi connectivity index (χ4n) is 2.17. The molecule has 0 aromatic rings. The zero-order valence-corrected chi connectivity index (χ0v) is 11.3. The van der Waals surface area contributed by atoms with E-state index < -0.39 is 0 Å². The van der Waals surface area contributed by atoms with Crippen molar-refractivity contribution in [2.24, 2.45) is 5.92 Å². The molecule has 94 valence electrons. The summed E-state index contributed by atoms with van der Waals surface area (Å²) in [4.78, 5) is 25.7. The van der Waals surface area contributed by atoms with Crippen LogP contribution < -0.4 is 5.32 Å². The summed E-state index contributed by atoms with van der Waals surface area (Å²) < 4.78 is 0.740. The van der Waals surface area contributed by atoms with Crippen LogP contribution in [0.2, 0.25) is 0 Å². The van der Waals surface area contributed by atoms with Gasteiger partial charge in [-0.25, -0.2) is 0 Å². The van der Waals surface area contributed by atoms with E-state index in [-0.39, 0.29) is 23.8 Å². The number of rotatable bonds is 4. The minimum Gasteiger partial charge on any atom is -0.350 e. The van der Waals surface area contributed by atoms with Gasteiger partial charge in [0, 0.05) is 23.5 Å². The van der Waals surface area contributed by atoms with Crippen molar-refractivity contribution < 1.29 is 9.59 Å². The van der Waals surface area contributed by atoms with Crippen molar-refractivity contribution in [1.82, 2.24) is 10.2 Å². The first kappa shape index (κ1) is 12.6. The fraction of sp³-hybridized carbons (Fsp3) is 0.667. The molecule has 0 aromatic heterocycles. The smallest absolute Gasteiger partial charge is 0.243 e. The van der Waals surface area contributed by atoms with Gasteiger partial charge < -0.3 is 10.2 Å². The van der Waals surface area contributed by atoms with Crippen molar-refractivity contribution in [1.29, 1.82) is 0 Å². The lowest BCUT2D eigenvalue weighted by Crippen LogP contribution is -2.46. The number of hydrogen-bond acceptors (Lipinski definition) is 2. The highest BCUT2D eigenvalue weighted by Crippen LogP contribution is 2.33. The van der Waals surface area contributed by atoms with Gasteiger partial charge in [-0.3, -0.25) is 9.59 Å². The lowest BCUT2D eigenvalue weighted by molar-refractivity contribution is -0.139. The van der Waals surface area contributed by atoms with Crippen LogP contribution in [-0.2, 0) is 9.59 Å². The average molecular weight is 301 g/mol. The van der Waals surface area contributed by atoms with E-state index in [2.05, 4.69) is 27.8 Å². The van der Waals surface area contributed by atoms with E-state index >= 15 is 0 Å². The van der Waals surface area contributed by atoms with Crippen LogP contribution in [-0.4, -0.2) is 35.8 Å². The summed E-state index contributed by atoms with van der Waals surface area (Å²) in [6.45, 7) is 4.81. The predicted octanol–water partition coefficient (Wildman–Crippen LogP) is 1.41. The van der Waals surface area contributed by atoms with E-state index in [4.69, 9.17) is 0 Å². The predicted molar refractivity (Wildman–Crippen MR) is 68.5 cm³/mol. The molecule has 1 saturated carbocycles. The van der Waals surface area contributed by atoms with Crippen molar-refractivity contribution >= 4 is 27.7 Å². The second kappa shape index (κ2) is 5.21. The van der Waals surface area contributed by atoms with Gasteiger partial charge in [0.05, 0.1) is 0 Å². The molecule has 17 heavy (non-hydrogen) atoms. The summed E-state index contributed by atoms with van der Waals surface area (Å²) in [7, 11) is 0. The van der Waals surface area contributed by atoms with E-state index in [1.54, 1.807) is 4.90 Å². The highest BCUT2D eigenvalue weighted by molar-refractivity contribution is 9.11. The maximum absolute atomic E-state index is 12.0. The van der Waals surface area contributed by atoms with Gasteiger partial charge in [-0.1, -0.05) is 22.5 Å². The molecule has 0 spiro atoms. The van der Waals surface area contributed by atoms with E-state index in [0.717, 1.165) is 36.7 Å².